The first-order valence-corrected chi connectivity index (χ1v) is 3.20. The van der Waals surface area contributed by atoms with Gasteiger partial charge in [-0.1, -0.05) is 19.4 Å². The summed E-state index contributed by atoms with van der Waals surface area (Å²) >= 11 is 0. The first-order valence-electron chi connectivity index (χ1n) is 3.78. The van der Waals surface area contributed by atoms with Crippen LogP contribution in [0.15, 0.2) is 24.5 Å². The van der Waals surface area contributed by atoms with Gasteiger partial charge in [-0.15, -0.1) is 0 Å². The van der Waals surface area contributed by atoms with Crippen LogP contribution in [0.5, 0.6) is 0 Å². The summed E-state index contributed by atoms with van der Waals surface area (Å²) in [7, 11) is 0. The Morgan fingerprint density at radius 3 is 3.11 bits per heavy atom. The maximum atomic E-state index is 7.28. The van der Waals surface area contributed by atoms with Crippen LogP contribution in [-0.4, -0.2) is 6.10 Å². The lowest BCUT2D eigenvalue weighted by atomic mass is 10.2. The summed E-state index contributed by atoms with van der Waals surface area (Å²) in [6.45, 7) is 1.87. The molecule has 1 aliphatic rings. The fourth-order valence-electron chi connectivity index (χ4n) is 0.792. The van der Waals surface area contributed by atoms with E-state index in [0.717, 1.165) is 6.42 Å². The van der Waals surface area contributed by atoms with E-state index in [-0.39, 0.29) is 12.5 Å². The molecule has 0 radical (unpaired) electrons. The zero-order valence-electron chi connectivity index (χ0n) is 6.58. The van der Waals surface area contributed by atoms with E-state index in [4.69, 9.17) is 6.11 Å². The van der Waals surface area contributed by atoms with Gasteiger partial charge in [0, 0.05) is 1.37 Å². The third-order valence-electron chi connectivity index (χ3n) is 1.24. The van der Waals surface area contributed by atoms with Crippen molar-refractivity contribution < 1.29 is 6.11 Å². The molecule has 2 atom stereocenters. The molecule has 0 bridgehead atoms. The summed E-state index contributed by atoms with van der Waals surface area (Å²) in [4.78, 5) is 0. The average Bonchev–Trinajstić information content (AvgIpc) is 1.88. The molecule has 0 spiro atoms. The van der Waals surface area contributed by atoms with Crippen LogP contribution in [-0.2, 0) is 4.74 Å². The summed E-state index contributed by atoms with van der Waals surface area (Å²) in [5.74, 6) is 0. The third-order valence-corrected chi connectivity index (χ3v) is 1.24. The van der Waals surface area contributed by atoms with Gasteiger partial charge in [-0.25, -0.2) is 0 Å². The highest BCUT2D eigenvalue weighted by Crippen LogP contribution is 2.07. The van der Waals surface area contributed by atoms with Gasteiger partial charge in [0.05, 0.1) is 6.26 Å². The van der Waals surface area contributed by atoms with Crippen molar-refractivity contribution in [3.05, 3.63) is 24.5 Å². The molecule has 0 aromatic carbocycles. The lowest BCUT2D eigenvalue weighted by Crippen LogP contribution is -2.06. The van der Waals surface area contributed by atoms with E-state index in [2.05, 4.69) is 0 Å². The van der Waals surface area contributed by atoms with Crippen molar-refractivity contribution in [2.24, 2.45) is 0 Å². The van der Waals surface area contributed by atoms with E-state index in [1.165, 1.54) is 0 Å². The summed E-state index contributed by atoms with van der Waals surface area (Å²) in [6, 6.07) is 0. The second kappa shape index (κ2) is 3.33. The highest BCUT2D eigenvalue weighted by molar-refractivity contribution is 5.07. The molecule has 1 heteroatoms. The molecule has 1 rings (SSSR count). The van der Waals surface area contributed by atoms with E-state index >= 15 is 0 Å². The fraction of sp³-hybridized carbons (Fsp3) is 0.500. The second-order valence-electron chi connectivity index (χ2n) is 2.03. The van der Waals surface area contributed by atoms with Gasteiger partial charge < -0.3 is 4.74 Å². The van der Waals surface area contributed by atoms with Gasteiger partial charge in [0.25, 0.3) is 0 Å². The Labute approximate surface area is 57.4 Å². The minimum atomic E-state index is -0.0406. The largest absolute Gasteiger partial charge is 0.494 e. The Kier molecular flexibility index (Phi) is 1.89. The Morgan fingerprint density at radius 2 is 2.56 bits per heavy atom. The molecule has 0 amide bonds. The predicted molar refractivity (Wildman–Crippen MR) is 38.1 cm³/mol. The number of allylic oxidation sites excluding steroid dienone is 2. The van der Waals surface area contributed by atoms with Crippen molar-refractivity contribution in [3.8, 4) is 0 Å². The molecule has 0 aromatic heterocycles. The van der Waals surface area contributed by atoms with Crippen LogP contribution in [0.2, 0.25) is 0 Å². The summed E-state index contributed by atoms with van der Waals surface area (Å²) in [5.41, 5.74) is 0. The van der Waals surface area contributed by atoms with Crippen molar-refractivity contribution in [2.45, 2.75) is 25.8 Å². The van der Waals surface area contributed by atoms with Crippen LogP contribution in [0, 0.1) is 0 Å². The van der Waals surface area contributed by atoms with Gasteiger partial charge in [-0.05, 0) is 18.6 Å². The van der Waals surface area contributed by atoms with Gasteiger partial charge in [-0.2, -0.15) is 0 Å². The molecule has 0 fully saturated rings. The van der Waals surface area contributed by atoms with Crippen molar-refractivity contribution in [2.75, 3.05) is 0 Å². The summed E-state index contributed by atoms with van der Waals surface area (Å²) < 4.78 is 12.5. The first-order chi connectivity index (χ1) is 4.79. The molecule has 1 heterocycles. The maximum absolute atomic E-state index is 7.28. The Bertz CT molecular complexity index is 149. The first kappa shape index (κ1) is 5.10. The van der Waals surface area contributed by atoms with Crippen molar-refractivity contribution in [1.29, 1.82) is 0 Å². The Hall–Kier alpha value is -0.720. The van der Waals surface area contributed by atoms with Gasteiger partial charge in [-0.3, -0.25) is 0 Å². The Balaban J connectivity index is 2.30. The molecule has 2 unspecified atom stereocenters. The molecule has 1 nitrogen and oxygen atoms in total. The van der Waals surface area contributed by atoms with Gasteiger partial charge in [0.15, 0.2) is 0 Å². The minimum Gasteiger partial charge on any atom is -0.494 e. The molecule has 9 heavy (non-hydrogen) atoms. The standard InChI is InChI=1S/C8H12O/c1-2-5-8-6-3-4-7-9-8/h3-4,6-8H,2,5H2,1H3/i2D. The zero-order valence-corrected chi connectivity index (χ0v) is 5.58. The quantitative estimate of drug-likeness (QED) is 0.550. The fourth-order valence-corrected chi connectivity index (χ4v) is 0.792. The Morgan fingerprint density at radius 1 is 1.67 bits per heavy atom. The summed E-state index contributed by atoms with van der Waals surface area (Å²) in [6.07, 6.45) is 8.32. The molecule has 1 aliphatic heterocycles. The molecule has 0 saturated heterocycles. The highest BCUT2D eigenvalue weighted by atomic mass is 16.5. The SMILES string of the molecule is [2H]C(C)CC1C=CC=CO1. The normalized spacial score (nSPS) is 29.0. The molecular weight excluding hydrogens is 112 g/mol. The molecule has 50 valence electrons. The van der Waals surface area contributed by atoms with Crippen LogP contribution in [0.3, 0.4) is 0 Å². The average molecular weight is 125 g/mol. The van der Waals surface area contributed by atoms with Gasteiger partial charge >= 0.3 is 0 Å². The molecular formula is C8H12O. The molecule has 0 aliphatic carbocycles. The topological polar surface area (TPSA) is 9.23 Å². The predicted octanol–water partition coefficient (Wildman–Crippen LogP) is 2.26. The van der Waals surface area contributed by atoms with Crippen molar-refractivity contribution in [1.82, 2.24) is 0 Å². The lowest BCUT2D eigenvalue weighted by molar-refractivity contribution is 0.173. The molecule has 0 N–H and O–H groups in total. The van der Waals surface area contributed by atoms with Crippen LogP contribution < -0.4 is 0 Å². The van der Waals surface area contributed by atoms with E-state index in [9.17, 15) is 0 Å². The monoisotopic (exact) mass is 125 g/mol. The van der Waals surface area contributed by atoms with Gasteiger partial charge in [0.2, 0.25) is 0 Å². The van der Waals surface area contributed by atoms with Crippen LogP contribution >= 0.6 is 0 Å². The molecule has 0 saturated carbocycles. The van der Waals surface area contributed by atoms with Crippen LogP contribution in [0.25, 0.3) is 0 Å². The van der Waals surface area contributed by atoms with Crippen LogP contribution in [0.1, 0.15) is 21.1 Å². The number of hydrogen-bond acceptors (Lipinski definition) is 1. The zero-order chi connectivity index (χ0) is 7.40. The maximum Gasteiger partial charge on any atom is 0.116 e. The van der Waals surface area contributed by atoms with E-state index < -0.39 is 0 Å². The minimum absolute atomic E-state index is 0.0406. The van der Waals surface area contributed by atoms with Gasteiger partial charge in [0.1, 0.15) is 6.10 Å². The smallest absolute Gasteiger partial charge is 0.116 e. The molecule has 0 aromatic rings. The number of hydrogen-bond donors (Lipinski definition) is 0. The third kappa shape index (κ3) is 1.92. The lowest BCUT2D eigenvalue weighted by Gasteiger charge is -2.12. The number of ether oxygens (including phenoxy) is 1. The second-order valence-corrected chi connectivity index (χ2v) is 2.03. The van der Waals surface area contributed by atoms with E-state index in [1.807, 2.05) is 25.2 Å². The van der Waals surface area contributed by atoms with Crippen LogP contribution in [0.4, 0.5) is 0 Å². The summed E-state index contributed by atoms with van der Waals surface area (Å²) in [5, 5.41) is 0. The van der Waals surface area contributed by atoms with Crippen molar-refractivity contribution >= 4 is 0 Å². The highest BCUT2D eigenvalue weighted by Gasteiger charge is 2.01. The van der Waals surface area contributed by atoms with Crippen molar-refractivity contribution in [3.63, 3.8) is 0 Å². The van der Waals surface area contributed by atoms with E-state index in [1.54, 1.807) is 6.26 Å². The number of rotatable bonds is 2. The van der Waals surface area contributed by atoms with E-state index in [0.29, 0.717) is 0 Å².